The highest BCUT2D eigenvalue weighted by molar-refractivity contribution is 6.00. The van der Waals surface area contributed by atoms with E-state index in [1.165, 1.54) is 0 Å². The Kier molecular flexibility index (Phi) is 9.68. The Morgan fingerprint density at radius 3 is 2.31 bits per heavy atom. The first kappa shape index (κ1) is 35.3. The number of carboxylic acid groups (broad SMARTS) is 1. The molecule has 4 N–H and O–H groups in total. The third-order valence-electron chi connectivity index (χ3n) is 8.32. The third-order valence-corrected chi connectivity index (χ3v) is 8.32. The molecule has 2 aromatic carbocycles. The number of carbonyl (C=O) groups is 3. The van der Waals surface area contributed by atoms with Crippen LogP contribution in [0, 0.1) is 29.4 Å². The van der Waals surface area contributed by atoms with Crippen molar-refractivity contribution in [2.75, 3.05) is 18.5 Å². The fraction of sp³-hybridized carbons (Fsp3) is 0.312. The fourth-order valence-electron chi connectivity index (χ4n) is 6.35. The van der Waals surface area contributed by atoms with E-state index in [0.29, 0.717) is 12.1 Å². The summed E-state index contributed by atoms with van der Waals surface area (Å²) < 4.78 is 115. The molecule has 0 aliphatic heterocycles. The summed E-state index contributed by atoms with van der Waals surface area (Å²) in [6.07, 6.45) is -8.72. The van der Waals surface area contributed by atoms with Crippen molar-refractivity contribution in [3.8, 4) is 17.0 Å². The van der Waals surface area contributed by atoms with Gasteiger partial charge in [0.2, 0.25) is 5.91 Å². The van der Waals surface area contributed by atoms with Gasteiger partial charge in [0.05, 0.1) is 41.1 Å². The van der Waals surface area contributed by atoms with E-state index >= 15 is 0 Å². The zero-order valence-electron chi connectivity index (χ0n) is 24.8. The average Bonchev–Trinajstić information content (AvgIpc) is 3.53. The predicted molar refractivity (Wildman–Crippen MR) is 154 cm³/mol. The molecule has 2 aliphatic rings. The van der Waals surface area contributed by atoms with Crippen LogP contribution in [0.15, 0.2) is 60.3 Å². The zero-order chi connectivity index (χ0) is 35.8. The molecule has 1 aromatic heterocycles. The van der Waals surface area contributed by atoms with Crippen molar-refractivity contribution >= 4 is 23.5 Å². The highest BCUT2D eigenvalue weighted by Crippen LogP contribution is 2.54. The number of nitrogens with one attached hydrogen (secondary N) is 2. The SMILES string of the molecule is O=C(O)c1ccc(F)c(-c2cc(C(=O)N[C@@H]3C4CCC(/C4=C/C(F)(F)F)[C@@H]3C(=O)Nc3ccc(F)c(C(F)(F)F)c3)c(OCCO)cn2)c1. The number of aromatic carboxylic acids is 1. The zero-order valence-corrected chi connectivity index (χ0v) is 24.8. The predicted octanol–water partition coefficient (Wildman–Crippen LogP) is 6.00. The quantitative estimate of drug-likeness (QED) is 0.159. The maximum absolute atomic E-state index is 14.8. The van der Waals surface area contributed by atoms with E-state index in [1.54, 1.807) is 0 Å². The van der Waals surface area contributed by atoms with E-state index in [-0.39, 0.29) is 59.2 Å². The van der Waals surface area contributed by atoms with Gasteiger partial charge in [0.15, 0.2) is 5.75 Å². The second-order valence-corrected chi connectivity index (χ2v) is 11.3. The second-order valence-electron chi connectivity index (χ2n) is 11.3. The van der Waals surface area contributed by atoms with E-state index in [4.69, 9.17) is 4.74 Å². The molecular formula is C32H25F8N3O6. The second kappa shape index (κ2) is 13.4. The maximum Gasteiger partial charge on any atom is 0.419 e. The lowest BCUT2D eigenvalue weighted by atomic mass is 9.83. The molecule has 2 fully saturated rings. The number of ether oxygens (including phenoxy) is 1. The summed E-state index contributed by atoms with van der Waals surface area (Å²) in [4.78, 5) is 42.9. The number of rotatable bonds is 9. The van der Waals surface area contributed by atoms with E-state index < -0.39 is 83.4 Å². The molecule has 3 aromatic rings. The number of hydrogen-bond donors (Lipinski definition) is 4. The molecule has 0 radical (unpaired) electrons. The molecule has 4 atom stereocenters. The minimum absolute atomic E-state index is 0.0277. The number of fused-ring (bicyclic) bond motifs is 2. The largest absolute Gasteiger partial charge is 0.489 e. The Labute approximate surface area is 271 Å². The molecule has 17 heteroatoms. The number of allylic oxidation sites excluding steroid dienone is 1. The van der Waals surface area contributed by atoms with Crippen LogP contribution in [0.4, 0.5) is 40.8 Å². The van der Waals surface area contributed by atoms with Gasteiger partial charge in [0.1, 0.15) is 18.2 Å². The molecule has 0 spiro atoms. The molecule has 49 heavy (non-hydrogen) atoms. The summed E-state index contributed by atoms with van der Waals surface area (Å²) in [5, 5.41) is 23.3. The van der Waals surface area contributed by atoms with Gasteiger partial charge in [0, 0.05) is 29.3 Å². The summed E-state index contributed by atoms with van der Waals surface area (Å²) in [7, 11) is 0. The van der Waals surface area contributed by atoms with Crippen LogP contribution in [0.5, 0.6) is 5.75 Å². The fourth-order valence-corrected chi connectivity index (χ4v) is 6.35. The summed E-state index contributed by atoms with van der Waals surface area (Å²) in [6, 6.07) is 4.16. The smallest absolute Gasteiger partial charge is 0.419 e. The molecule has 2 amide bonds. The molecule has 1 heterocycles. The highest BCUT2D eigenvalue weighted by Gasteiger charge is 2.56. The lowest BCUT2D eigenvalue weighted by Crippen LogP contribution is -2.48. The lowest BCUT2D eigenvalue weighted by molar-refractivity contribution is -0.140. The van der Waals surface area contributed by atoms with Crippen molar-refractivity contribution in [2.24, 2.45) is 17.8 Å². The molecule has 2 aliphatic carbocycles. The third kappa shape index (κ3) is 7.50. The van der Waals surface area contributed by atoms with Crippen molar-refractivity contribution in [3.05, 3.63) is 88.6 Å². The molecule has 2 bridgehead atoms. The molecular weight excluding hydrogens is 674 g/mol. The number of carbonyl (C=O) groups excluding carboxylic acids is 2. The molecule has 0 saturated heterocycles. The van der Waals surface area contributed by atoms with Gasteiger partial charge in [0.25, 0.3) is 5.91 Å². The summed E-state index contributed by atoms with van der Waals surface area (Å²) in [6.45, 7) is -0.864. The first-order chi connectivity index (χ1) is 23.0. The van der Waals surface area contributed by atoms with Gasteiger partial charge in [-0.1, -0.05) is 5.57 Å². The van der Waals surface area contributed by atoms with Crippen LogP contribution in [0.3, 0.4) is 0 Å². The number of alkyl halides is 6. The molecule has 5 rings (SSSR count). The molecule has 9 nitrogen and oxygen atoms in total. The normalized spacial score (nSPS) is 21.1. The van der Waals surface area contributed by atoms with Gasteiger partial charge < -0.3 is 25.6 Å². The van der Waals surface area contributed by atoms with Gasteiger partial charge >= 0.3 is 18.3 Å². The monoisotopic (exact) mass is 699 g/mol. The first-order valence-electron chi connectivity index (χ1n) is 14.5. The number of aliphatic hydroxyl groups excluding tert-OH is 1. The molecule has 2 saturated carbocycles. The number of carboxylic acids is 1. The van der Waals surface area contributed by atoms with E-state index in [0.717, 1.165) is 36.5 Å². The van der Waals surface area contributed by atoms with Crippen LogP contribution >= 0.6 is 0 Å². The Balaban J connectivity index is 1.52. The number of benzene rings is 2. The number of aromatic nitrogens is 1. The molecule has 260 valence electrons. The highest BCUT2D eigenvalue weighted by atomic mass is 19.4. The van der Waals surface area contributed by atoms with Gasteiger partial charge in [-0.25, -0.2) is 13.6 Å². The number of hydrogen-bond acceptors (Lipinski definition) is 6. The van der Waals surface area contributed by atoms with Crippen LogP contribution < -0.4 is 15.4 Å². The summed E-state index contributed by atoms with van der Waals surface area (Å²) in [5.74, 6) is -9.77. The van der Waals surface area contributed by atoms with E-state index in [1.807, 2.05) is 0 Å². The Bertz CT molecular complexity index is 1830. The van der Waals surface area contributed by atoms with E-state index in [9.17, 15) is 59.7 Å². The Morgan fingerprint density at radius 2 is 1.65 bits per heavy atom. The summed E-state index contributed by atoms with van der Waals surface area (Å²) >= 11 is 0. The number of anilines is 1. The summed E-state index contributed by atoms with van der Waals surface area (Å²) in [5.41, 5.74) is -3.62. The van der Waals surface area contributed by atoms with Crippen LogP contribution in [0.1, 0.15) is 39.1 Å². The van der Waals surface area contributed by atoms with Crippen LogP contribution in [0.25, 0.3) is 11.3 Å². The van der Waals surface area contributed by atoms with Crippen molar-refractivity contribution in [1.82, 2.24) is 10.3 Å². The molecule has 2 unspecified atom stereocenters. The number of pyridine rings is 1. The minimum atomic E-state index is -5.12. The Hall–Kier alpha value is -5.06. The minimum Gasteiger partial charge on any atom is -0.489 e. The lowest BCUT2D eigenvalue weighted by Gasteiger charge is -2.30. The van der Waals surface area contributed by atoms with Gasteiger partial charge in [-0.05, 0) is 61.2 Å². The van der Waals surface area contributed by atoms with Crippen LogP contribution in [0.2, 0.25) is 0 Å². The van der Waals surface area contributed by atoms with Gasteiger partial charge in [-0.2, -0.15) is 26.3 Å². The number of amides is 2. The van der Waals surface area contributed by atoms with Crippen LogP contribution in [-0.4, -0.2) is 58.4 Å². The van der Waals surface area contributed by atoms with Crippen molar-refractivity contribution in [1.29, 1.82) is 0 Å². The van der Waals surface area contributed by atoms with Crippen molar-refractivity contribution in [3.63, 3.8) is 0 Å². The topological polar surface area (TPSA) is 138 Å². The van der Waals surface area contributed by atoms with E-state index in [2.05, 4.69) is 15.6 Å². The van der Waals surface area contributed by atoms with Gasteiger partial charge in [-0.15, -0.1) is 0 Å². The average molecular weight is 700 g/mol. The number of nitrogens with zero attached hydrogens (tertiary/aromatic N) is 1. The Morgan fingerprint density at radius 1 is 0.959 bits per heavy atom. The number of aliphatic hydroxyl groups is 1. The van der Waals surface area contributed by atoms with Gasteiger partial charge in [-0.3, -0.25) is 14.6 Å². The maximum atomic E-state index is 14.8. The standard InChI is InChI=1S/C32H25F8N3O6/c33-22-5-1-14(30(47)48)9-18(22)24-11-19(25(13-41-24)49-8-7-44)28(45)43-27-17-4-3-16(20(17)12-31(35,36)37)26(27)29(46)42-15-2-6-23(34)21(10-15)32(38,39)40/h1-2,5-6,9-13,16-17,26-27,44H,3-4,7-8H2,(H,42,46)(H,43,45)(H,47,48)/b20-12-/t16?,17?,26-,27+/m0/s1. The van der Waals surface area contributed by atoms with Crippen LogP contribution in [-0.2, 0) is 11.0 Å². The van der Waals surface area contributed by atoms with Crippen molar-refractivity contribution in [2.45, 2.75) is 31.2 Å². The first-order valence-corrected chi connectivity index (χ1v) is 14.5. The number of halogens is 8. The van der Waals surface area contributed by atoms with Crippen molar-refractivity contribution < 1.29 is 64.5 Å².